The standard InChI is InChI=1S/C23H20N4O8/c1-3-34-22-12-15(14-24-25-23(28)16-5-8-18(33-2)9-6-16)4-10-21(22)35-20-11-7-17(26(29)30)13-19(20)27(31)32/h4-14H,3H2,1-2H3,(H,25,28). The number of nitro groups is 2. The van der Waals surface area contributed by atoms with Crippen LogP contribution in [0.5, 0.6) is 23.0 Å². The molecule has 1 N–H and O–H groups in total. The SMILES string of the molecule is CCOc1cc(C=NNC(=O)c2ccc(OC)cc2)ccc1Oc1ccc([N+](=O)[O-])cc1[N+](=O)[O-]. The monoisotopic (exact) mass is 480 g/mol. The lowest BCUT2D eigenvalue weighted by molar-refractivity contribution is -0.394. The van der Waals surface area contributed by atoms with Gasteiger partial charge in [0.15, 0.2) is 11.5 Å². The zero-order chi connectivity index (χ0) is 25.4. The Kier molecular flexibility index (Phi) is 7.90. The highest BCUT2D eigenvalue weighted by Crippen LogP contribution is 2.38. The van der Waals surface area contributed by atoms with Gasteiger partial charge in [-0.2, -0.15) is 5.10 Å². The van der Waals surface area contributed by atoms with Gasteiger partial charge in [0.1, 0.15) is 5.75 Å². The quantitative estimate of drug-likeness (QED) is 0.253. The number of benzene rings is 3. The van der Waals surface area contributed by atoms with Gasteiger partial charge in [-0.3, -0.25) is 25.0 Å². The lowest BCUT2D eigenvalue weighted by Crippen LogP contribution is -2.17. The van der Waals surface area contributed by atoms with Gasteiger partial charge < -0.3 is 14.2 Å². The van der Waals surface area contributed by atoms with Gasteiger partial charge in [0.25, 0.3) is 11.6 Å². The molecule has 3 aromatic carbocycles. The fraction of sp³-hybridized carbons (Fsp3) is 0.130. The topological polar surface area (TPSA) is 155 Å². The van der Waals surface area contributed by atoms with Crippen molar-refractivity contribution in [2.24, 2.45) is 5.10 Å². The Hall–Kier alpha value is -5.00. The summed E-state index contributed by atoms with van der Waals surface area (Å²) in [6.07, 6.45) is 1.39. The summed E-state index contributed by atoms with van der Waals surface area (Å²) in [6.45, 7) is 2.02. The number of nitrogens with one attached hydrogen (secondary N) is 1. The largest absolute Gasteiger partial charge is 0.497 e. The summed E-state index contributed by atoms with van der Waals surface area (Å²) in [5.74, 6) is 0.428. The van der Waals surface area contributed by atoms with E-state index in [9.17, 15) is 25.0 Å². The number of hydrogen-bond acceptors (Lipinski definition) is 9. The van der Waals surface area contributed by atoms with E-state index in [-0.39, 0.29) is 23.9 Å². The van der Waals surface area contributed by atoms with Gasteiger partial charge in [0.05, 0.1) is 35.8 Å². The number of carbonyl (C=O) groups excluding carboxylic acids is 1. The fourth-order valence-corrected chi connectivity index (χ4v) is 2.90. The Morgan fingerprint density at radius 1 is 0.971 bits per heavy atom. The lowest BCUT2D eigenvalue weighted by Gasteiger charge is -2.12. The number of hydrogen-bond donors (Lipinski definition) is 1. The Morgan fingerprint density at radius 3 is 2.31 bits per heavy atom. The summed E-state index contributed by atoms with van der Waals surface area (Å²) in [5, 5.41) is 26.2. The van der Waals surface area contributed by atoms with E-state index in [0.29, 0.717) is 16.9 Å². The van der Waals surface area contributed by atoms with Crippen LogP contribution in [0.25, 0.3) is 0 Å². The molecule has 0 atom stereocenters. The Labute approximate surface area is 199 Å². The van der Waals surface area contributed by atoms with Crippen molar-refractivity contribution in [3.63, 3.8) is 0 Å². The van der Waals surface area contributed by atoms with E-state index >= 15 is 0 Å². The Morgan fingerprint density at radius 2 is 1.69 bits per heavy atom. The van der Waals surface area contributed by atoms with Crippen LogP contribution in [0.2, 0.25) is 0 Å². The molecule has 35 heavy (non-hydrogen) atoms. The third-order valence-corrected chi connectivity index (χ3v) is 4.57. The van der Waals surface area contributed by atoms with Crippen molar-refractivity contribution in [1.82, 2.24) is 5.43 Å². The van der Waals surface area contributed by atoms with Gasteiger partial charge in [-0.25, -0.2) is 5.43 Å². The fourth-order valence-electron chi connectivity index (χ4n) is 2.90. The van der Waals surface area contributed by atoms with Crippen molar-refractivity contribution in [3.05, 3.63) is 92.0 Å². The molecule has 0 saturated heterocycles. The first-order valence-corrected chi connectivity index (χ1v) is 10.2. The van der Waals surface area contributed by atoms with Crippen LogP contribution >= 0.6 is 0 Å². The second-order valence-electron chi connectivity index (χ2n) is 6.84. The molecule has 0 radical (unpaired) electrons. The lowest BCUT2D eigenvalue weighted by atomic mass is 10.2. The molecule has 0 spiro atoms. The second-order valence-corrected chi connectivity index (χ2v) is 6.84. The highest BCUT2D eigenvalue weighted by molar-refractivity contribution is 5.95. The molecule has 0 saturated carbocycles. The predicted molar refractivity (Wildman–Crippen MR) is 125 cm³/mol. The minimum atomic E-state index is -0.769. The van der Waals surface area contributed by atoms with Gasteiger partial charge in [0.2, 0.25) is 5.75 Å². The van der Waals surface area contributed by atoms with Crippen molar-refractivity contribution < 1.29 is 28.9 Å². The van der Waals surface area contributed by atoms with Crippen LogP contribution in [0, 0.1) is 20.2 Å². The molecule has 1 amide bonds. The molecular weight excluding hydrogens is 460 g/mol. The number of amides is 1. The van der Waals surface area contributed by atoms with Crippen LogP contribution in [-0.2, 0) is 0 Å². The molecule has 0 aliphatic rings. The molecule has 0 heterocycles. The van der Waals surface area contributed by atoms with Gasteiger partial charge in [0, 0.05) is 11.6 Å². The molecule has 0 aromatic heterocycles. The highest BCUT2D eigenvalue weighted by atomic mass is 16.6. The van der Waals surface area contributed by atoms with Gasteiger partial charge in [-0.05, 0) is 61.0 Å². The summed E-state index contributed by atoms with van der Waals surface area (Å²) < 4.78 is 16.3. The van der Waals surface area contributed by atoms with Gasteiger partial charge in [-0.15, -0.1) is 0 Å². The van der Waals surface area contributed by atoms with Crippen molar-refractivity contribution in [2.45, 2.75) is 6.92 Å². The molecule has 0 aliphatic heterocycles. The molecular formula is C23H20N4O8. The predicted octanol–water partition coefficient (Wildman–Crippen LogP) is 4.47. The van der Waals surface area contributed by atoms with E-state index in [1.807, 2.05) is 0 Å². The van der Waals surface area contributed by atoms with Gasteiger partial charge >= 0.3 is 5.69 Å². The number of ether oxygens (including phenoxy) is 3. The first kappa shape index (κ1) is 24.6. The third kappa shape index (κ3) is 6.28. The normalized spacial score (nSPS) is 10.6. The molecule has 3 aromatic rings. The Bertz CT molecular complexity index is 1280. The first-order chi connectivity index (χ1) is 16.8. The van der Waals surface area contributed by atoms with Gasteiger partial charge in [-0.1, -0.05) is 0 Å². The molecule has 0 aliphatic carbocycles. The van der Waals surface area contributed by atoms with Crippen LogP contribution in [-0.4, -0.2) is 35.7 Å². The van der Waals surface area contributed by atoms with E-state index in [0.717, 1.165) is 18.2 Å². The Balaban J connectivity index is 1.78. The maximum Gasteiger partial charge on any atom is 0.318 e. The minimum Gasteiger partial charge on any atom is -0.497 e. The minimum absolute atomic E-state index is 0.156. The van der Waals surface area contributed by atoms with E-state index in [2.05, 4.69) is 10.5 Å². The molecule has 3 rings (SSSR count). The highest BCUT2D eigenvalue weighted by Gasteiger charge is 2.22. The van der Waals surface area contributed by atoms with E-state index in [4.69, 9.17) is 14.2 Å². The van der Waals surface area contributed by atoms with Crippen LogP contribution in [0.15, 0.2) is 65.8 Å². The summed E-state index contributed by atoms with van der Waals surface area (Å²) in [7, 11) is 1.53. The zero-order valence-corrected chi connectivity index (χ0v) is 18.7. The number of non-ortho nitro benzene ring substituents is 1. The van der Waals surface area contributed by atoms with Crippen LogP contribution in [0.1, 0.15) is 22.8 Å². The smallest absolute Gasteiger partial charge is 0.318 e. The summed E-state index contributed by atoms with van der Waals surface area (Å²) in [4.78, 5) is 33.0. The van der Waals surface area contributed by atoms with E-state index in [1.54, 1.807) is 43.3 Å². The number of carbonyl (C=O) groups is 1. The zero-order valence-electron chi connectivity index (χ0n) is 18.7. The number of methoxy groups -OCH3 is 1. The van der Waals surface area contributed by atoms with E-state index in [1.165, 1.54) is 19.4 Å². The van der Waals surface area contributed by atoms with Crippen molar-refractivity contribution in [3.8, 4) is 23.0 Å². The molecule has 0 fully saturated rings. The molecule has 12 heteroatoms. The first-order valence-electron chi connectivity index (χ1n) is 10.2. The third-order valence-electron chi connectivity index (χ3n) is 4.57. The van der Waals surface area contributed by atoms with Crippen molar-refractivity contribution >= 4 is 23.5 Å². The molecule has 12 nitrogen and oxygen atoms in total. The van der Waals surface area contributed by atoms with Crippen molar-refractivity contribution in [1.29, 1.82) is 0 Å². The average Bonchev–Trinajstić information content (AvgIpc) is 2.85. The average molecular weight is 480 g/mol. The molecule has 0 unspecified atom stereocenters. The summed E-state index contributed by atoms with van der Waals surface area (Å²) >= 11 is 0. The maximum absolute atomic E-state index is 12.2. The van der Waals surface area contributed by atoms with Crippen molar-refractivity contribution in [2.75, 3.05) is 13.7 Å². The summed E-state index contributed by atoms with van der Waals surface area (Å²) in [5.41, 5.74) is 2.36. The van der Waals surface area contributed by atoms with Crippen LogP contribution < -0.4 is 19.6 Å². The number of rotatable bonds is 10. The molecule has 180 valence electrons. The number of hydrazone groups is 1. The second kappa shape index (κ2) is 11.2. The number of nitro benzene ring substituents is 2. The number of nitrogens with zero attached hydrogens (tertiary/aromatic N) is 3. The van der Waals surface area contributed by atoms with Crippen LogP contribution in [0.4, 0.5) is 11.4 Å². The maximum atomic E-state index is 12.2. The summed E-state index contributed by atoms with van der Waals surface area (Å²) in [6, 6.07) is 14.2. The van der Waals surface area contributed by atoms with Crippen LogP contribution in [0.3, 0.4) is 0 Å². The van der Waals surface area contributed by atoms with E-state index < -0.39 is 27.1 Å². The molecule has 0 bridgehead atoms.